The summed E-state index contributed by atoms with van der Waals surface area (Å²) in [6.45, 7) is 2.37. The lowest BCUT2D eigenvalue weighted by Gasteiger charge is -2.35. The first-order valence-electron chi connectivity index (χ1n) is 7.82. The molecule has 6 heteroatoms. The average molecular weight is 330 g/mol. The largest absolute Gasteiger partial charge is 0.491 e. The first-order valence-corrected chi connectivity index (χ1v) is 7.82. The van der Waals surface area contributed by atoms with E-state index in [-0.39, 0.29) is 35.6 Å². The number of rotatable bonds is 3. The number of amides is 1. The van der Waals surface area contributed by atoms with E-state index in [4.69, 9.17) is 4.74 Å². The fourth-order valence-corrected chi connectivity index (χ4v) is 3.16. The average Bonchev–Trinajstić information content (AvgIpc) is 2.57. The van der Waals surface area contributed by atoms with Crippen molar-refractivity contribution < 1.29 is 13.9 Å². The summed E-state index contributed by atoms with van der Waals surface area (Å²) < 4.78 is 19.8. The number of carbonyl (C=O) groups is 1. The number of nitrogens with zero attached hydrogens (tertiary/aromatic N) is 2. The van der Waals surface area contributed by atoms with Crippen LogP contribution in [-0.2, 0) is 17.8 Å². The highest BCUT2D eigenvalue weighted by Crippen LogP contribution is 2.30. The van der Waals surface area contributed by atoms with E-state index in [0.29, 0.717) is 13.0 Å². The highest BCUT2D eigenvalue weighted by molar-refractivity contribution is 5.77. The molecule has 0 aliphatic carbocycles. The Bertz CT molecular complexity index is 831. The molecule has 0 bridgehead atoms. The summed E-state index contributed by atoms with van der Waals surface area (Å²) in [6, 6.07) is 7.70. The molecule has 1 aromatic heterocycles. The number of halogens is 1. The van der Waals surface area contributed by atoms with Crippen LogP contribution in [0, 0.1) is 5.82 Å². The highest BCUT2D eigenvalue weighted by atomic mass is 19.1. The summed E-state index contributed by atoms with van der Waals surface area (Å²) in [4.78, 5) is 26.5. The second-order valence-corrected chi connectivity index (χ2v) is 5.87. The van der Waals surface area contributed by atoms with E-state index in [1.807, 2.05) is 6.92 Å². The van der Waals surface area contributed by atoms with Crippen molar-refractivity contribution in [1.29, 1.82) is 0 Å². The standard InChI is InChI=1S/C18H19FN2O3/c1-12-15-10-14(19)6-5-13(15)7-9-21(12)17(22)11-20-8-3-4-16(24-2)18(20)23/h3-6,8,10,12H,7,9,11H2,1-2H3/t12-/m0/s1. The molecule has 1 aliphatic heterocycles. The minimum Gasteiger partial charge on any atom is -0.491 e. The van der Waals surface area contributed by atoms with Gasteiger partial charge in [0.2, 0.25) is 5.91 Å². The summed E-state index contributed by atoms with van der Waals surface area (Å²) in [5.41, 5.74) is 1.54. The van der Waals surface area contributed by atoms with Gasteiger partial charge >= 0.3 is 0 Å². The maximum absolute atomic E-state index is 13.5. The first-order chi connectivity index (χ1) is 11.5. The van der Waals surface area contributed by atoms with Crippen LogP contribution in [0.15, 0.2) is 41.3 Å². The summed E-state index contributed by atoms with van der Waals surface area (Å²) in [6.07, 6.45) is 2.24. The zero-order valence-corrected chi connectivity index (χ0v) is 13.7. The third kappa shape index (κ3) is 2.91. The van der Waals surface area contributed by atoms with Crippen LogP contribution in [0.25, 0.3) is 0 Å². The monoisotopic (exact) mass is 330 g/mol. The van der Waals surface area contributed by atoms with Gasteiger partial charge in [-0.3, -0.25) is 9.59 Å². The van der Waals surface area contributed by atoms with E-state index in [2.05, 4.69) is 0 Å². The molecule has 126 valence electrons. The number of carbonyl (C=O) groups excluding carboxylic acids is 1. The summed E-state index contributed by atoms with van der Waals surface area (Å²) >= 11 is 0. The Labute approximate surface area is 139 Å². The van der Waals surface area contributed by atoms with E-state index in [9.17, 15) is 14.0 Å². The first kappa shape index (κ1) is 16.2. The molecular formula is C18H19FN2O3. The number of hydrogen-bond donors (Lipinski definition) is 0. The van der Waals surface area contributed by atoms with Crippen molar-refractivity contribution in [3.63, 3.8) is 0 Å². The van der Waals surface area contributed by atoms with E-state index in [1.54, 1.807) is 29.3 Å². The quantitative estimate of drug-likeness (QED) is 0.866. The van der Waals surface area contributed by atoms with Gasteiger partial charge in [-0.1, -0.05) is 6.07 Å². The minimum absolute atomic E-state index is 0.0645. The van der Waals surface area contributed by atoms with E-state index < -0.39 is 0 Å². The highest BCUT2D eigenvalue weighted by Gasteiger charge is 2.28. The normalized spacial score (nSPS) is 16.6. The van der Waals surface area contributed by atoms with Gasteiger partial charge in [-0.2, -0.15) is 0 Å². The van der Waals surface area contributed by atoms with Crippen molar-refractivity contribution in [3.8, 4) is 5.75 Å². The molecule has 0 radical (unpaired) electrons. The summed E-state index contributed by atoms with van der Waals surface area (Å²) in [7, 11) is 1.42. The SMILES string of the molecule is COc1cccn(CC(=O)N2CCc3ccc(F)cc3[C@@H]2C)c1=O. The van der Waals surface area contributed by atoms with Crippen LogP contribution >= 0.6 is 0 Å². The van der Waals surface area contributed by atoms with E-state index in [1.165, 1.54) is 23.8 Å². The van der Waals surface area contributed by atoms with Crippen molar-refractivity contribution >= 4 is 5.91 Å². The predicted octanol–water partition coefficient (Wildman–Crippen LogP) is 2.14. The molecule has 2 heterocycles. The predicted molar refractivity (Wildman–Crippen MR) is 87.5 cm³/mol. The number of pyridine rings is 1. The van der Waals surface area contributed by atoms with Crippen molar-refractivity contribution in [1.82, 2.24) is 9.47 Å². The lowest BCUT2D eigenvalue weighted by atomic mass is 9.93. The molecule has 1 aliphatic rings. The zero-order chi connectivity index (χ0) is 17.3. The van der Waals surface area contributed by atoms with Gasteiger partial charge in [-0.05, 0) is 48.7 Å². The maximum Gasteiger partial charge on any atom is 0.293 e. The Morgan fingerprint density at radius 2 is 2.17 bits per heavy atom. The van der Waals surface area contributed by atoms with Gasteiger partial charge in [0.1, 0.15) is 12.4 Å². The number of methoxy groups -OCH3 is 1. The molecule has 0 N–H and O–H groups in total. The number of hydrogen-bond acceptors (Lipinski definition) is 3. The molecule has 0 unspecified atom stereocenters. The topological polar surface area (TPSA) is 51.5 Å². The van der Waals surface area contributed by atoms with Crippen LogP contribution in [0.5, 0.6) is 5.75 Å². The van der Waals surface area contributed by atoms with Crippen molar-refractivity contribution in [2.45, 2.75) is 25.9 Å². The molecule has 24 heavy (non-hydrogen) atoms. The van der Waals surface area contributed by atoms with Gasteiger partial charge < -0.3 is 14.2 Å². The van der Waals surface area contributed by atoms with Crippen LogP contribution in [0.3, 0.4) is 0 Å². The van der Waals surface area contributed by atoms with Crippen LogP contribution in [0.1, 0.15) is 24.1 Å². The Morgan fingerprint density at radius 3 is 2.92 bits per heavy atom. The van der Waals surface area contributed by atoms with Gasteiger partial charge in [0.15, 0.2) is 5.75 Å². The van der Waals surface area contributed by atoms with Crippen LogP contribution in [0.4, 0.5) is 4.39 Å². The van der Waals surface area contributed by atoms with E-state index >= 15 is 0 Å². The Morgan fingerprint density at radius 1 is 1.38 bits per heavy atom. The molecule has 1 aromatic carbocycles. The van der Waals surface area contributed by atoms with Crippen LogP contribution in [-0.4, -0.2) is 29.0 Å². The molecule has 1 amide bonds. The van der Waals surface area contributed by atoms with Gasteiger partial charge in [-0.15, -0.1) is 0 Å². The van der Waals surface area contributed by atoms with E-state index in [0.717, 1.165) is 11.1 Å². The molecule has 5 nitrogen and oxygen atoms in total. The number of ether oxygens (including phenoxy) is 1. The molecule has 2 aromatic rings. The molecule has 0 saturated heterocycles. The second-order valence-electron chi connectivity index (χ2n) is 5.87. The number of aromatic nitrogens is 1. The third-order valence-corrected chi connectivity index (χ3v) is 4.48. The minimum atomic E-state index is -0.343. The van der Waals surface area contributed by atoms with Crippen molar-refractivity contribution in [2.75, 3.05) is 13.7 Å². The van der Waals surface area contributed by atoms with Gasteiger partial charge in [0.25, 0.3) is 5.56 Å². The molecular weight excluding hydrogens is 311 g/mol. The van der Waals surface area contributed by atoms with Crippen LogP contribution < -0.4 is 10.3 Å². The fraction of sp³-hybridized carbons (Fsp3) is 0.333. The zero-order valence-electron chi connectivity index (χ0n) is 13.7. The Hall–Kier alpha value is -2.63. The van der Waals surface area contributed by atoms with Crippen LogP contribution in [0.2, 0.25) is 0 Å². The molecule has 0 fully saturated rings. The Kier molecular flexibility index (Phi) is 4.38. The smallest absolute Gasteiger partial charge is 0.293 e. The second kappa shape index (κ2) is 6.47. The van der Waals surface area contributed by atoms with Gasteiger partial charge in [-0.25, -0.2) is 4.39 Å². The lowest BCUT2D eigenvalue weighted by molar-refractivity contribution is -0.134. The Balaban J connectivity index is 1.83. The van der Waals surface area contributed by atoms with Crippen molar-refractivity contribution in [2.24, 2.45) is 0 Å². The lowest BCUT2D eigenvalue weighted by Crippen LogP contribution is -2.42. The fourth-order valence-electron chi connectivity index (χ4n) is 3.16. The molecule has 1 atom stereocenters. The number of fused-ring (bicyclic) bond motifs is 1. The maximum atomic E-state index is 13.5. The van der Waals surface area contributed by atoms with Gasteiger partial charge in [0.05, 0.1) is 13.2 Å². The van der Waals surface area contributed by atoms with Crippen molar-refractivity contribution in [3.05, 3.63) is 63.8 Å². The number of benzene rings is 1. The molecule has 3 rings (SSSR count). The summed E-state index contributed by atoms with van der Waals surface area (Å²) in [5, 5.41) is 0. The van der Waals surface area contributed by atoms with Gasteiger partial charge in [0, 0.05) is 12.7 Å². The summed E-state index contributed by atoms with van der Waals surface area (Å²) in [5.74, 6) is -0.281. The third-order valence-electron chi connectivity index (χ3n) is 4.48. The molecule has 0 spiro atoms. The molecule has 0 saturated carbocycles.